The summed E-state index contributed by atoms with van der Waals surface area (Å²) in [6.45, 7) is 4.00. The molecule has 1 aromatic heterocycles. The van der Waals surface area contributed by atoms with Crippen molar-refractivity contribution in [2.75, 3.05) is 48.3 Å². The summed E-state index contributed by atoms with van der Waals surface area (Å²) in [5, 5.41) is 3.02. The summed E-state index contributed by atoms with van der Waals surface area (Å²) in [5.41, 5.74) is 0. The van der Waals surface area contributed by atoms with Crippen molar-refractivity contribution in [1.82, 2.24) is 15.0 Å². The molecule has 6 nitrogen and oxygen atoms in total. The summed E-state index contributed by atoms with van der Waals surface area (Å²) >= 11 is 0. The van der Waals surface area contributed by atoms with Crippen molar-refractivity contribution in [2.24, 2.45) is 0 Å². The van der Waals surface area contributed by atoms with Gasteiger partial charge in [-0.3, -0.25) is 0 Å². The molecule has 1 aromatic rings. The van der Waals surface area contributed by atoms with E-state index in [0.29, 0.717) is 18.4 Å². The average molecular weight is 286 g/mol. The molecule has 0 aromatic carbocycles. The van der Waals surface area contributed by atoms with Gasteiger partial charge < -0.3 is 15.1 Å². The van der Waals surface area contributed by atoms with E-state index in [1.54, 1.807) is 7.05 Å². The van der Waals surface area contributed by atoms with Crippen LogP contribution in [-0.2, 0) is 0 Å². The zero-order valence-electron chi connectivity index (χ0n) is 11.8. The van der Waals surface area contributed by atoms with Crippen molar-refractivity contribution in [3.63, 3.8) is 0 Å². The lowest BCUT2D eigenvalue weighted by molar-refractivity contribution is 0.156. The maximum absolute atomic E-state index is 12.5. The van der Waals surface area contributed by atoms with E-state index >= 15 is 0 Å². The van der Waals surface area contributed by atoms with E-state index in [-0.39, 0.29) is 5.95 Å². The monoisotopic (exact) mass is 286 g/mol. The third kappa shape index (κ3) is 3.64. The zero-order chi connectivity index (χ0) is 14.5. The second-order valence-electron chi connectivity index (χ2n) is 4.76. The minimum absolute atomic E-state index is 0.276. The molecule has 0 aliphatic carbocycles. The van der Waals surface area contributed by atoms with E-state index in [0.717, 1.165) is 25.9 Å². The van der Waals surface area contributed by atoms with Gasteiger partial charge >= 0.3 is 0 Å². The molecule has 0 radical (unpaired) electrons. The van der Waals surface area contributed by atoms with Crippen molar-refractivity contribution in [2.45, 2.75) is 26.2 Å². The Labute approximate surface area is 117 Å². The summed E-state index contributed by atoms with van der Waals surface area (Å²) in [6, 6.07) is 0. The molecule has 1 aliphatic heterocycles. The summed E-state index contributed by atoms with van der Waals surface area (Å²) in [6.07, 6.45) is -0.218. The Kier molecular flexibility index (Phi) is 4.86. The fraction of sp³-hybridized carbons (Fsp3) is 0.750. The van der Waals surface area contributed by atoms with Crippen molar-refractivity contribution in [1.29, 1.82) is 0 Å². The van der Waals surface area contributed by atoms with Gasteiger partial charge in [0.25, 0.3) is 6.43 Å². The van der Waals surface area contributed by atoms with Gasteiger partial charge in [-0.15, -0.1) is 0 Å². The third-order valence-corrected chi connectivity index (χ3v) is 3.09. The van der Waals surface area contributed by atoms with Gasteiger partial charge in [0.1, 0.15) is 0 Å². The number of halogens is 2. The van der Waals surface area contributed by atoms with Crippen molar-refractivity contribution in [3.8, 4) is 0 Å². The predicted molar refractivity (Wildman–Crippen MR) is 74.7 cm³/mol. The molecule has 1 aliphatic rings. The van der Waals surface area contributed by atoms with Crippen LogP contribution in [0.3, 0.4) is 0 Å². The molecule has 1 N–H and O–H groups in total. The molecule has 1 saturated heterocycles. The number of nitrogens with zero attached hydrogens (tertiary/aromatic N) is 5. The highest BCUT2D eigenvalue weighted by molar-refractivity contribution is 5.45. The highest BCUT2D eigenvalue weighted by atomic mass is 19.3. The van der Waals surface area contributed by atoms with Crippen LogP contribution in [0.2, 0.25) is 0 Å². The van der Waals surface area contributed by atoms with Gasteiger partial charge in [-0.2, -0.15) is 15.0 Å². The van der Waals surface area contributed by atoms with Gasteiger partial charge in [0.05, 0.1) is 6.54 Å². The molecule has 8 heteroatoms. The van der Waals surface area contributed by atoms with Crippen molar-refractivity contribution >= 4 is 17.8 Å². The van der Waals surface area contributed by atoms with Crippen LogP contribution in [0.5, 0.6) is 0 Å². The van der Waals surface area contributed by atoms with Crippen molar-refractivity contribution < 1.29 is 8.78 Å². The Bertz CT molecular complexity index is 436. The van der Waals surface area contributed by atoms with Gasteiger partial charge in [0, 0.05) is 26.7 Å². The molecular formula is C12H20F2N6. The van der Waals surface area contributed by atoms with Gasteiger partial charge in [0.2, 0.25) is 17.8 Å². The van der Waals surface area contributed by atoms with E-state index in [2.05, 4.69) is 25.2 Å². The number of nitrogens with one attached hydrogen (secondary N) is 1. The summed E-state index contributed by atoms with van der Waals surface area (Å²) in [4.78, 5) is 16.2. The molecule has 112 valence electrons. The summed E-state index contributed by atoms with van der Waals surface area (Å²) in [7, 11) is 1.56. The Morgan fingerprint density at radius 1 is 1.25 bits per heavy atom. The second-order valence-corrected chi connectivity index (χ2v) is 4.76. The summed E-state index contributed by atoms with van der Waals surface area (Å²) in [5.74, 6) is 1.27. The minimum Gasteiger partial charge on any atom is -0.354 e. The number of hydrogen-bond donors (Lipinski definition) is 1. The first kappa shape index (κ1) is 14.7. The SMILES string of the molecule is CCNc1nc(N(C)CC(F)F)nc(N2CCCC2)n1. The average Bonchev–Trinajstić information content (AvgIpc) is 2.92. The lowest BCUT2D eigenvalue weighted by Gasteiger charge is -2.21. The number of alkyl halides is 2. The van der Waals surface area contributed by atoms with Crippen LogP contribution < -0.4 is 15.1 Å². The van der Waals surface area contributed by atoms with E-state index in [1.165, 1.54) is 4.90 Å². The van der Waals surface area contributed by atoms with Crippen LogP contribution >= 0.6 is 0 Å². The van der Waals surface area contributed by atoms with Crippen LogP contribution in [0.1, 0.15) is 19.8 Å². The number of aromatic nitrogens is 3. The molecule has 1 fully saturated rings. The molecule has 20 heavy (non-hydrogen) atoms. The summed E-state index contributed by atoms with van der Waals surface area (Å²) < 4.78 is 25.0. The Morgan fingerprint density at radius 3 is 2.55 bits per heavy atom. The first-order chi connectivity index (χ1) is 9.60. The zero-order valence-corrected chi connectivity index (χ0v) is 11.8. The largest absolute Gasteiger partial charge is 0.354 e. The van der Waals surface area contributed by atoms with Crippen LogP contribution in [0, 0.1) is 0 Å². The van der Waals surface area contributed by atoms with Crippen LogP contribution in [-0.4, -0.2) is 54.6 Å². The number of anilines is 3. The fourth-order valence-corrected chi connectivity index (χ4v) is 2.11. The standard InChI is InChI=1S/C12H20F2N6/c1-3-15-10-16-11(19(2)8-9(13)14)18-12(17-10)20-6-4-5-7-20/h9H,3-8H2,1-2H3,(H,15,16,17,18). The third-order valence-electron chi connectivity index (χ3n) is 3.09. The Morgan fingerprint density at radius 2 is 1.95 bits per heavy atom. The first-order valence-corrected chi connectivity index (χ1v) is 6.84. The minimum atomic E-state index is -2.42. The molecule has 0 unspecified atom stereocenters. The van der Waals surface area contributed by atoms with Crippen molar-refractivity contribution in [3.05, 3.63) is 0 Å². The molecule has 0 amide bonds. The quantitative estimate of drug-likeness (QED) is 0.857. The van der Waals surface area contributed by atoms with E-state index < -0.39 is 13.0 Å². The number of hydrogen-bond acceptors (Lipinski definition) is 6. The maximum Gasteiger partial charge on any atom is 0.255 e. The van der Waals surface area contributed by atoms with Gasteiger partial charge in [-0.25, -0.2) is 8.78 Å². The van der Waals surface area contributed by atoms with Gasteiger partial charge in [0.15, 0.2) is 0 Å². The molecular weight excluding hydrogens is 266 g/mol. The second kappa shape index (κ2) is 6.62. The molecule has 2 heterocycles. The van der Waals surface area contributed by atoms with E-state index in [1.807, 2.05) is 6.92 Å². The predicted octanol–water partition coefficient (Wildman–Crippen LogP) is 1.60. The smallest absolute Gasteiger partial charge is 0.255 e. The lowest BCUT2D eigenvalue weighted by Crippen LogP contribution is -2.28. The first-order valence-electron chi connectivity index (χ1n) is 6.84. The van der Waals surface area contributed by atoms with Gasteiger partial charge in [-0.1, -0.05) is 0 Å². The molecule has 0 atom stereocenters. The number of rotatable bonds is 6. The molecule has 0 saturated carbocycles. The van der Waals surface area contributed by atoms with Gasteiger partial charge in [-0.05, 0) is 19.8 Å². The van der Waals surface area contributed by atoms with E-state index in [9.17, 15) is 8.78 Å². The molecule has 0 bridgehead atoms. The van der Waals surface area contributed by atoms with E-state index in [4.69, 9.17) is 0 Å². The topological polar surface area (TPSA) is 57.2 Å². The normalized spacial score (nSPS) is 14.9. The van der Waals surface area contributed by atoms with Crippen LogP contribution in [0.4, 0.5) is 26.6 Å². The lowest BCUT2D eigenvalue weighted by atomic mass is 10.4. The molecule has 0 spiro atoms. The Balaban J connectivity index is 2.25. The highest BCUT2D eigenvalue weighted by Crippen LogP contribution is 2.20. The fourth-order valence-electron chi connectivity index (χ4n) is 2.11. The highest BCUT2D eigenvalue weighted by Gasteiger charge is 2.19. The Hall–Kier alpha value is -1.73. The maximum atomic E-state index is 12.5. The van der Waals surface area contributed by atoms with Crippen LogP contribution in [0.15, 0.2) is 0 Å². The van der Waals surface area contributed by atoms with Crippen LogP contribution in [0.25, 0.3) is 0 Å². The molecule has 2 rings (SSSR count).